The Hall–Kier alpha value is -2.99. The highest BCUT2D eigenvalue weighted by atomic mass is 35.5. The van der Waals surface area contributed by atoms with E-state index in [0.717, 1.165) is 23.5 Å². The lowest BCUT2D eigenvalue weighted by molar-refractivity contribution is 0.192. The highest BCUT2D eigenvalue weighted by molar-refractivity contribution is 6.30. The van der Waals surface area contributed by atoms with Crippen LogP contribution in [0.15, 0.2) is 54.6 Å². The fourth-order valence-corrected chi connectivity index (χ4v) is 3.59. The third-order valence-corrected chi connectivity index (χ3v) is 5.56. The minimum absolute atomic E-state index is 0.0568. The molecule has 1 N–H and O–H groups in total. The molecule has 6 nitrogen and oxygen atoms in total. The molecular weight excluding hydrogens is 412 g/mol. The van der Waals surface area contributed by atoms with Gasteiger partial charge in [0.15, 0.2) is 0 Å². The standard InChI is InChI=1S/C24H27ClN4O2/c1-3-26-24(30)28(15-18-9-10-18)16-22-17(2)27-29(20-13-11-19(25)12-14-20)23(22)31-21-7-5-4-6-8-21/h4-8,11-14,18H,3,9-10,15-16H2,1-2H3,(H,26,30). The molecule has 0 spiro atoms. The second-order valence-corrected chi connectivity index (χ2v) is 8.27. The summed E-state index contributed by atoms with van der Waals surface area (Å²) in [7, 11) is 0. The Morgan fingerprint density at radius 1 is 1.19 bits per heavy atom. The number of para-hydroxylation sites is 1. The summed E-state index contributed by atoms with van der Waals surface area (Å²) in [4.78, 5) is 14.6. The van der Waals surface area contributed by atoms with Crippen LogP contribution in [-0.4, -0.2) is 33.8 Å². The third-order valence-electron chi connectivity index (χ3n) is 5.31. The van der Waals surface area contributed by atoms with Crippen LogP contribution in [0.4, 0.5) is 4.79 Å². The molecule has 7 heteroatoms. The van der Waals surface area contributed by atoms with Crippen molar-refractivity contribution in [3.05, 3.63) is 70.9 Å². The predicted molar refractivity (Wildman–Crippen MR) is 122 cm³/mol. The summed E-state index contributed by atoms with van der Waals surface area (Å²) in [5.41, 5.74) is 2.56. The topological polar surface area (TPSA) is 59.4 Å². The number of nitrogens with one attached hydrogen (secondary N) is 1. The molecule has 1 aromatic heterocycles. The lowest BCUT2D eigenvalue weighted by atomic mass is 10.2. The van der Waals surface area contributed by atoms with Gasteiger partial charge < -0.3 is 15.0 Å². The molecule has 0 atom stereocenters. The van der Waals surface area contributed by atoms with E-state index in [1.807, 2.05) is 73.3 Å². The molecule has 1 saturated carbocycles. The van der Waals surface area contributed by atoms with Crippen LogP contribution in [0, 0.1) is 12.8 Å². The van der Waals surface area contributed by atoms with E-state index in [0.29, 0.717) is 35.7 Å². The van der Waals surface area contributed by atoms with Crippen LogP contribution in [-0.2, 0) is 6.54 Å². The molecule has 1 heterocycles. The zero-order valence-corrected chi connectivity index (χ0v) is 18.6. The Labute approximate surface area is 187 Å². The van der Waals surface area contributed by atoms with Crippen molar-refractivity contribution in [1.82, 2.24) is 20.0 Å². The Morgan fingerprint density at radius 3 is 2.55 bits per heavy atom. The van der Waals surface area contributed by atoms with Gasteiger partial charge in [-0.1, -0.05) is 29.8 Å². The Kier molecular flexibility index (Phi) is 6.47. The van der Waals surface area contributed by atoms with E-state index in [9.17, 15) is 4.79 Å². The van der Waals surface area contributed by atoms with Crippen LogP contribution in [0.1, 0.15) is 31.0 Å². The number of aromatic nitrogens is 2. The number of halogens is 1. The summed E-state index contributed by atoms with van der Waals surface area (Å²) >= 11 is 6.08. The Bertz CT molecular complexity index is 1030. The van der Waals surface area contributed by atoms with Gasteiger partial charge in [-0.2, -0.15) is 5.10 Å². The lowest BCUT2D eigenvalue weighted by Crippen LogP contribution is -2.40. The zero-order chi connectivity index (χ0) is 21.8. The van der Waals surface area contributed by atoms with E-state index in [4.69, 9.17) is 21.4 Å². The van der Waals surface area contributed by atoms with Gasteiger partial charge >= 0.3 is 6.03 Å². The van der Waals surface area contributed by atoms with E-state index < -0.39 is 0 Å². The molecule has 0 unspecified atom stereocenters. The highest BCUT2D eigenvalue weighted by Gasteiger charge is 2.29. The van der Waals surface area contributed by atoms with Gasteiger partial charge in [0.2, 0.25) is 5.88 Å². The van der Waals surface area contributed by atoms with Gasteiger partial charge in [0, 0.05) is 18.1 Å². The molecule has 0 saturated heterocycles. The summed E-state index contributed by atoms with van der Waals surface area (Å²) in [5, 5.41) is 8.34. The highest BCUT2D eigenvalue weighted by Crippen LogP contribution is 2.34. The van der Waals surface area contributed by atoms with Gasteiger partial charge in [-0.3, -0.25) is 0 Å². The molecule has 162 valence electrons. The number of carbonyl (C=O) groups is 1. The van der Waals surface area contributed by atoms with Crippen molar-refractivity contribution >= 4 is 17.6 Å². The number of amides is 2. The number of rotatable bonds is 8. The summed E-state index contributed by atoms with van der Waals surface area (Å²) in [6.07, 6.45) is 2.35. The van der Waals surface area contributed by atoms with Crippen LogP contribution in [0.5, 0.6) is 11.6 Å². The van der Waals surface area contributed by atoms with E-state index in [-0.39, 0.29) is 6.03 Å². The van der Waals surface area contributed by atoms with Gasteiger partial charge in [-0.25, -0.2) is 9.48 Å². The average molecular weight is 439 g/mol. The van der Waals surface area contributed by atoms with Gasteiger partial charge in [-0.15, -0.1) is 0 Å². The van der Waals surface area contributed by atoms with Crippen molar-refractivity contribution in [2.24, 2.45) is 5.92 Å². The van der Waals surface area contributed by atoms with Crippen molar-refractivity contribution in [2.45, 2.75) is 33.2 Å². The van der Waals surface area contributed by atoms with Crippen molar-refractivity contribution in [2.75, 3.05) is 13.1 Å². The normalized spacial score (nSPS) is 13.1. The average Bonchev–Trinajstić information content (AvgIpc) is 3.54. The molecule has 1 aliphatic carbocycles. The van der Waals surface area contributed by atoms with Crippen molar-refractivity contribution in [3.8, 4) is 17.3 Å². The van der Waals surface area contributed by atoms with Crippen molar-refractivity contribution in [3.63, 3.8) is 0 Å². The number of carbonyl (C=O) groups excluding carboxylic acids is 1. The molecule has 0 aliphatic heterocycles. The van der Waals surface area contributed by atoms with Crippen LogP contribution in [0.2, 0.25) is 5.02 Å². The van der Waals surface area contributed by atoms with Crippen molar-refractivity contribution < 1.29 is 9.53 Å². The largest absolute Gasteiger partial charge is 0.439 e. The molecule has 0 bridgehead atoms. The van der Waals surface area contributed by atoms with Gasteiger partial charge in [0.25, 0.3) is 0 Å². The van der Waals surface area contributed by atoms with Gasteiger partial charge in [0.1, 0.15) is 5.75 Å². The molecular formula is C24H27ClN4O2. The first-order chi connectivity index (χ1) is 15.0. The molecule has 31 heavy (non-hydrogen) atoms. The van der Waals surface area contributed by atoms with E-state index >= 15 is 0 Å². The molecule has 4 rings (SSSR count). The number of urea groups is 1. The Morgan fingerprint density at radius 2 is 1.90 bits per heavy atom. The van der Waals surface area contributed by atoms with E-state index in [1.165, 1.54) is 12.8 Å². The fraction of sp³-hybridized carbons (Fsp3) is 0.333. The first-order valence-corrected chi connectivity index (χ1v) is 11.0. The minimum Gasteiger partial charge on any atom is -0.439 e. The lowest BCUT2D eigenvalue weighted by Gasteiger charge is -2.23. The predicted octanol–water partition coefficient (Wildman–Crippen LogP) is 5.57. The van der Waals surface area contributed by atoms with E-state index in [1.54, 1.807) is 4.68 Å². The Balaban J connectivity index is 1.72. The summed E-state index contributed by atoms with van der Waals surface area (Å²) in [5.74, 6) is 1.90. The first-order valence-electron chi connectivity index (χ1n) is 10.6. The number of hydrogen-bond donors (Lipinski definition) is 1. The van der Waals surface area contributed by atoms with Crippen LogP contribution < -0.4 is 10.1 Å². The number of benzene rings is 2. The maximum atomic E-state index is 12.7. The van der Waals surface area contributed by atoms with Crippen LogP contribution in [0.25, 0.3) is 5.69 Å². The number of hydrogen-bond acceptors (Lipinski definition) is 3. The molecule has 2 amide bonds. The number of aryl methyl sites for hydroxylation is 1. The fourth-order valence-electron chi connectivity index (χ4n) is 3.47. The smallest absolute Gasteiger partial charge is 0.317 e. The van der Waals surface area contributed by atoms with Crippen molar-refractivity contribution in [1.29, 1.82) is 0 Å². The quantitative estimate of drug-likeness (QED) is 0.500. The zero-order valence-electron chi connectivity index (χ0n) is 17.8. The second-order valence-electron chi connectivity index (χ2n) is 7.83. The molecule has 0 radical (unpaired) electrons. The van der Waals surface area contributed by atoms with Crippen LogP contribution >= 0.6 is 11.6 Å². The summed E-state index contributed by atoms with van der Waals surface area (Å²) < 4.78 is 8.10. The number of nitrogens with zero attached hydrogens (tertiary/aromatic N) is 3. The van der Waals surface area contributed by atoms with Gasteiger partial charge in [-0.05, 0) is 69.0 Å². The number of ether oxygens (including phenoxy) is 1. The van der Waals surface area contributed by atoms with Crippen LogP contribution in [0.3, 0.4) is 0 Å². The SMILES string of the molecule is CCNC(=O)N(Cc1c(C)nn(-c2ccc(Cl)cc2)c1Oc1ccccc1)CC1CC1. The molecule has 1 fully saturated rings. The maximum absolute atomic E-state index is 12.7. The molecule has 1 aliphatic rings. The second kappa shape index (κ2) is 9.43. The summed E-state index contributed by atoms with van der Waals surface area (Å²) in [6, 6.07) is 17.0. The maximum Gasteiger partial charge on any atom is 0.317 e. The molecule has 3 aromatic rings. The monoisotopic (exact) mass is 438 g/mol. The van der Waals surface area contributed by atoms with E-state index in [2.05, 4.69) is 5.32 Å². The first kappa shape index (κ1) is 21.2. The molecule has 2 aromatic carbocycles. The third kappa shape index (κ3) is 5.20. The summed E-state index contributed by atoms with van der Waals surface area (Å²) in [6.45, 7) is 5.65. The van der Waals surface area contributed by atoms with Gasteiger partial charge in [0.05, 0.1) is 23.5 Å². The minimum atomic E-state index is -0.0568.